The third-order valence-corrected chi connectivity index (χ3v) is 7.47. The van der Waals surface area contributed by atoms with Gasteiger partial charge in [-0.3, -0.25) is 9.88 Å². The zero-order valence-corrected chi connectivity index (χ0v) is 24.1. The molecule has 0 aliphatic carbocycles. The van der Waals surface area contributed by atoms with Crippen molar-refractivity contribution in [2.24, 2.45) is 0 Å². The van der Waals surface area contributed by atoms with E-state index in [1.165, 1.54) is 0 Å². The Labute approximate surface area is 239 Å². The number of methoxy groups -OCH3 is 4. The van der Waals surface area contributed by atoms with Crippen molar-refractivity contribution in [3.8, 4) is 34.8 Å². The number of ether oxygens (including phenoxy) is 5. The van der Waals surface area contributed by atoms with Crippen LogP contribution in [0.3, 0.4) is 0 Å². The Morgan fingerprint density at radius 2 is 1.49 bits per heavy atom. The molecule has 0 unspecified atom stereocenters. The van der Waals surface area contributed by atoms with Crippen molar-refractivity contribution in [3.63, 3.8) is 0 Å². The highest BCUT2D eigenvalue weighted by atomic mass is 16.5. The summed E-state index contributed by atoms with van der Waals surface area (Å²) < 4.78 is 28.5. The molecule has 214 valence electrons. The second-order valence-electron chi connectivity index (χ2n) is 9.84. The number of pyridine rings is 1. The molecule has 2 heterocycles. The molecular formula is C31H35N5O5. The first-order valence-corrected chi connectivity index (χ1v) is 13.4. The summed E-state index contributed by atoms with van der Waals surface area (Å²) in [6.07, 6.45) is 1.58. The first-order chi connectivity index (χ1) is 20.0. The maximum atomic E-state index is 9.94. The topological polar surface area (TPSA) is 101 Å². The molecule has 10 heteroatoms. The fourth-order valence-corrected chi connectivity index (χ4v) is 5.20. The lowest BCUT2D eigenvalue weighted by atomic mass is 10.0. The molecule has 0 spiro atoms. The van der Waals surface area contributed by atoms with Crippen LogP contribution in [0.1, 0.15) is 5.56 Å². The van der Waals surface area contributed by atoms with Gasteiger partial charge < -0.3 is 33.9 Å². The average Bonchev–Trinajstić information content (AvgIpc) is 3.01. The van der Waals surface area contributed by atoms with Crippen LogP contribution in [0.25, 0.3) is 21.7 Å². The molecule has 5 rings (SSSR count). The number of fused-ring (bicyclic) bond motifs is 3. The van der Waals surface area contributed by atoms with Crippen LogP contribution in [-0.2, 0) is 0 Å². The third kappa shape index (κ3) is 5.59. The van der Waals surface area contributed by atoms with Crippen LogP contribution in [0, 0.1) is 11.3 Å². The van der Waals surface area contributed by atoms with Crippen LogP contribution < -0.4 is 29.0 Å². The number of rotatable bonds is 10. The SMILES string of the molecule is COc1cc(Nc2c(C#N)cnc3c2ccc2c(OCCN4CCN(C)CC4)c(OC)ccc23)cc(OC)c1OC. The molecule has 4 aromatic rings. The molecule has 41 heavy (non-hydrogen) atoms. The van der Waals surface area contributed by atoms with Crippen LogP contribution in [0.4, 0.5) is 11.4 Å². The van der Waals surface area contributed by atoms with Crippen LogP contribution in [0.15, 0.2) is 42.6 Å². The highest BCUT2D eigenvalue weighted by Gasteiger charge is 2.19. The van der Waals surface area contributed by atoms with E-state index in [2.05, 4.69) is 28.2 Å². The lowest BCUT2D eigenvalue weighted by Gasteiger charge is -2.32. The average molecular weight is 558 g/mol. The van der Waals surface area contributed by atoms with Crippen molar-refractivity contribution in [2.75, 3.05) is 80.1 Å². The van der Waals surface area contributed by atoms with Gasteiger partial charge in [0.25, 0.3) is 0 Å². The molecular weight excluding hydrogens is 522 g/mol. The highest BCUT2D eigenvalue weighted by molar-refractivity contribution is 6.12. The Bertz CT molecular complexity index is 1570. The summed E-state index contributed by atoms with van der Waals surface area (Å²) in [5.41, 5.74) is 2.44. The van der Waals surface area contributed by atoms with Gasteiger partial charge in [-0.25, -0.2) is 0 Å². The number of benzene rings is 3. The predicted octanol–water partition coefficient (Wildman–Crippen LogP) is 4.66. The summed E-state index contributed by atoms with van der Waals surface area (Å²) in [5, 5.41) is 15.9. The molecule has 0 radical (unpaired) electrons. The molecule has 1 saturated heterocycles. The van der Waals surface area contributed by atoms with Gasteiger partial charge in [0.1, 0.15) is 12.7 Å². The summed E-state index contributed by atoms with van der Waals surface area (Å²) in [6.45, 7) is 5.58. The van der Waals surface area contributed by atoms with E-state index in [0.717, 1.165) is 54.4 Å². The van der Waals surface area contributed by atoms with E-state index in [0.29, 0.717) is 52.3 Å². The van der Waals surface area contributed by atoms with E-state index in [4.69, 9.17) is 28.7 Å². The minimum absolute atomic E-state index is 0.405. The lowest BCUT2D eigenvalue weighted by Crippen LogP contribution is -2.45. The zero-order valence-electron chi connectivity index (χ0n) is 24.1. The van der Waals surface area contributed by atoms with Crippen molar-refractivity contribution in [1.29, 1.82) is 5.26 Å². The van der Waals surface area contributed by atoms with Crippen LogP contribution in [-0.4, -0.2) is 89.6 Å². The van der Waals surface area contributed by atoms with Crippen LogP contribution >= 0.6 is 0 Å². The molecule has 0 atom stereocenters. The summed E-state index contributed by atoms with van der Waals surface area (Å²) in [6, 6.07) is 13.7. The van der Waals surface area contributed by atoms with Gasteiger partial charge in [0, 0.05) is 72.9 Å². The fraction of sp³-hybridized carbons (Fsp3) is 0.355. The normalized spacial score (nSPS) is 14.0. The molecule has 10 nitrogen and oxygen atoms in total. The number of nitriles is 1. The summed E-state index contributed by atoms with van der Waals surface area (Å²) in [7, 11) is 8.48. The standard InChI is InChI=1S/C31H35N5O5/c1-35-10-12-36(13-11-35)14-15-41-30-23-6-7-24-28(34-21-16-26(38-3)31(40-5)27(17-21)39-4)20(18-32)19-33-29(24)22(23)8-9-25(30)37-2/h6-9,16-17,19H,10-15H2,1-5H3,(H,33,34). The zero-order chi connectivity index (χ0) is 28.9. The number of hydrogen-bond acceptors (Lipinski definition) is 10. The smallest absolute Gasteiger partial charge is 0.203 e. The number of piperazine rings is 1. The molecule has 1 N–H and O–H groups in total. The van der Waals surface area contributed by atoms with Crippen molar-refractivity contribution < 1.29 is 23.7 Å². The minimum atomic E-state index is 0.405. The number of nitrogens with one attached hydrogen (secondary N) is 1. The molecule has 1 aliphatic rings. The summed E-state index contributed by atoms with van der Waals surface area (Å²) in [4.78, 5) is 9.45. The molecule has 3 aromatic carbocycles. The maximum absolute atomic E-state index is 9.94. The highest BCUT2D eigenvalue weighted by Crippen LogP contribution is 2.43. The number of hydrogen-bond donors (Lipinski definition) is 1. The fourth-order valence-electron chi connectivity index (χ4n) is 5.20. The quantitative estimate of drug-likeness (QED) is 0.277. The monoisotopic (exact) mass is 557 g/mol. The van der Waals surface area contributed by atoms with Crippen molar-refractivity contribution in [3.05, 3.63) is 48.2 Å². The van der Waals surface area contributed by atoms with Gasteiger partial charge >= 0.3 is 0 Å². The first-order valence-electron chi connectivity index (χ1n) is 13.4. The van der Waals surface area contributed by atoms with Gasteiger partial charge in [-0.2, -0.15) is 5.26 Å². The summed E-state index contributed by atoms with van der Waals surface area (Å²) >= 11 is 0. The first kappa shape index (κ1) is 28.1. The van der Waals surface area contributed by atoms with E-state index in [1.54, 1.807) is 46.8 Å². The summed E-state index contributed by atoms with van der Waals surface area (Å²) in [5.74, 6) is 2.84. The van der Waals surface area contributed by atoms with Crippen molar-refractivity contribution in [2.45, 2.75) is 0 Å². The van der Waals surface area contributed by atoms with E-state index >= 15 is 0 Å². The Balaban J connectivity index is 1.53. The van der Waals surface area contributed by atoms with Crippen LogP contribution in [0.2, 0.25) is 0 Å². The third-order valence-electron chi connectivity index (χ3n) is 7.47. The Kier molecular flexibility index (Phi) is 8.47. The molecule has 1 aromatic heterocycles. The van der Waals surface area contributed by atoms with E-state index in [1.807, 2.05) is 24.3 Å². The Hall–Kier alpha value is -4.46. The van der Waals surface area contributed by atoms with E-state index in [9.17, 15) is 5.26 Å². The number of aromatic nitrogens is 1. The van der Waals surface area contributed by atoms with Gasteiger partial charge in [-0.15, -0.1) is 0 Å². The van der Waals surface area contributed by atoms with Crippen molar-refractivity contribution >= 4 is 33.1 Å². The molecule has 0 amide bonds. The molecule has 1 fully saturated rings. The van der Waals surface area contributed by atoms with Crippen molar-refractivity contribution in [1.82, 2.24) is 14.8 Å². The van der Waals surface area contributed by atoms with E-state index < -0.39 is 0 Å². The maximum Gasteiger partial charge on any atom is 0.203 e. The number of likely N-dealkylation sites (N-methyl/N-ethyl adjacent to an activating group) is 1. The molecule has 0 bridgehead atoms. The second kappa shape index (κ2) is 12.4. The van der Waals surface area contributed by atoms with Gasteiger partial charge in [-0.05, 0) is 31.3 Å². The largest absolute Gasteiger partial charge is 0.493 e. The molecule has 1 aliphatic heterocycles. The lowest BCUT2D eigenvalue weighted by molar-refractivity contribution is 0.133. The second-order valence-corrected chi connectivity index (χ2v) is 9.84. The van der Waals surface area contributed by atoms with E-state index in [-0.39, 0.29) is 0 Å². The van der Waals surface area contributed by atoms with Crippen LogP contribution in [0.5, 0.6) is 28.7 Å². The Morgan fingerprint density at radius 3 is 2.12 bits per heavy atom. The number of anilines is 2. The Morgan fingerprint density at radius 1 is 0.829 bits per heavy atom. The molecule has 0 saturated carbocycles. The minimum Gasteiger partial charge on any atom is -0.493 e. The van der Waals surface area contributed by atoms with Gasteiger partial charge in [0.15, 0.2) is 23.0 Å². The van der Waals surface area contributed by atoms with Gasteiger partial charge in [0.2, 0.25) is 5.75 Å². The van der Waals surface area contributed by atoms with Gasteiger partial charge in [-0.1, -0.05) is 0 Å². The van der Waals surface area contributed by atoms with Gasteiger partial charge in [0.05, 0.1) is 45.2 Å². The number of nitrogens with zero attached hydrogens (tertiary/aromatic N) is 4. The predicted molar refractivity (Wildman–Crippen MR) is 159 cm³/mol.